The summed E-state index contributed by atoms with van der Waals surface area (Å²) in [6.45, 7) is 0.458. The van der Waals surface area contributed by atoms with Gasteiger partial charge in [0.2, 0.25) is 5.91 Å². The van der Waals surface area contributed by atoms with Crippen LogP contribution in [0.4, 0.5) is 0 Å². The van der Waals surface area contributed by atoms with Gasteiger partial charge < -0.3 is 14.8 Å². The van der Waals surface area contributed by atoms with Crippen molar-refractivity contribution in [1.29, 1.82) is 0 Å². The molecular formula is C16H21NO3. The van der Waals surface area contributed by atoms with Gasteiger partial charge in [0, 0.05) is 18.0 Å². The number of amides is 1. The number of hydrogen-bond donors (Lipinski definition) is 1. The predicted octanol–water partition coefficient (Wildman–Crippen LogP) is 2.68. The number of allylic oxidation sites excluding steroid dienone is 2. The van der Waals surface area contributed by atoms with Crippen molar-refractivity contribution in [3.63, 3.8) is 0 Å². The highest BCUT2D eigenvalue weighted by Gasteiger charge is 2.18. The molecule has 1 aliphatic rings. The van der Waals surface area contributed by atoms with Crippen LogP contribution in [-0.4, -0.2) is 20.1 Å². The number of benzene rings is 1. The van der Waals surface area contributed by atoms with E-state index in [2.05, 4.69) is 17.5 Å². The topological polar surface area (TPSA) is 47.6 Å². The molecule has 4 nitrogen and oxygen atoms in total. The van der Waals surface area contributed by atoms with Crippen LogP contribution in [-0.2, 0) is 11.3 Å². The normalized spacial score (nSPS) is 17.6. The van der Waals surface area contributed by atoms with E-state index in [1.54, 1.807) is 14.2 Å². The predicted molar refractivity (Wildman–Crippen MR) is 77.9 cm³/mol. The molecule has 4 heteroatoms. The van der Waals surface area contributed by atoms with Gasteiger partial charge in [-0.1, -0.05) is 12.2 Å². The van der Waals surface area contributed by atoms with E-state index in [1.165, 1.54) is 0 Å². The van der Waals surface area contributed by atoms with E-state index < -0.39 is 0 Å². The van der Waals surface area contributed by atoms with Crippen LogP contribution in [0.3, 0.4) is 0 Å². The van der Waals surface area contributed by atoms with Crippen molar-refractivity contribution < 1.29 is 14.3 Å². The lowest BCUT2D eigenvalue weighted by molar-refractivity contribution is -0.125. The molecule has 0 heterocycles. The van der Waals surface area contributed by atoms with Crippen molar-refractivity contribution >= 4 is 5.91 Å². The van der Waals surface area contributed by atoms with Crippen LogP contribution >= 0.6 is 0 Å². The molecule has 1 atom stereocenters. The van der Waals surface area contributed by atoms with Gasteiger partial charge in [0.25, 0.3) is 0 Å². The van der Waals surface area contributed by atoms with Crippen molar-refractivity contribution in [2.24, 2.45) is 5.92 Å². The molecular weight excluding hydrogens is 254 g/mol. The molecule has 1 N–H and O–H groups in total. The quantitative estimate of drug-likeness (QED) is 0.840. The minimum Gasteiger partial charge on any atom is -0.497 e. The van der Waals surface area contributed by atoms with Crippen molar-refractivity contribution in [2.45, 2.75) is 25.8 Å². The second kappa shape index (κ2) is 6.98. The highest BCUT2D eigenvalue weighted by molar-refractivity contribution is 5.79. The fourth-order valence-electron chi connectivity index (χ4n) is 2.38. The zero-order chi connectivity index (χ0) is 14.4. The molecule has 1 aromatic rings. The van der Waals surface area contributed by atoms with Gasteiger partial charge in [-0.2, -0.15) is 0 Å². The van der Waals surface area contributed by atoms with E-state index >= 15 is 0 Å². The van der Waals surface area contributed by atoms with Gasteiger partial charge in [0.05, 0.1) is 14.2 Å². The lowest BCUT2D eigenvalue weighted by Crippen LogP contribution is -2.30. The lowest BCUT2D eigenvalue weighted by Gasteiger charge is -2.18. The Morgan fingerprint density at radius 1 is 1.30 bits per heavy atom. The summed E-state index contributed by atoms with van der Waals surface area (Å²) in [5.74, 6) is 1.72. The van der Waals surface area contributed by atoms with Crippen molar-refractivity contribution in [1.82, 2.24) is 5.32 Å². The first-order valence-electron chi connectivity index (χ1n) is 6.88. The molecule has 0 saturated carbocycles. The van der Waals surface area contributed by atoms with Crippen LogP contribution in [0.1, 0.15) is 24.8 Å². The lowest BCUT2D eigenvalue weighted by atomic mass is 9.93. The standard InChI is InChI=1S/C16H21NO3/c1-19-14-8-9-15(20-2)13(10-14)11-17-16(18)12-6-4-3-5-7-12/h3-4,8-10,12H,5-7,11H2,1-2H3,(H,17,18). The number of carbonyl (C=O) groups is 1. The first-order valence-corrected chi connectivity index (χ1v) is 6.88. The third-order valence-corrected chi connectivity index (χ3v) is 3.58. The van der Waals surface area contributed by atoms with E-state index in [0.29, 0.717) is 6.54 Å². The van der Waals surface area contributed by atoms with Crippen LogP contribution in [0.25, 0.3) is 0 Å². The number of ether oxygens (including phenoxy) is 2. The Morgan fingerprint density at radius 3 is 2.80 bits per heavy atom. The summed E-state index contributed by atoms with van der Waals surface area (Å²) in [4.78, 5) is 12.1. The van der Waals surface area contributed by atoms with E-state index in [1.807, 2.05) is 18.2 Å². The summed E-state index contributed by atoms with van der Waals surface area (Å²) in [6, 6.07) is 5.58. The van der Waals surface area contributed by atoms with E-state index in [9.17, 15) is 4.79 Å². The SMILES string of the molecule is COc1ccc(OC)c(CNC(=O)C2CC=CCC2)c1. The van der Waals surface area contributed by atoms with E-state index in [4.69, 9.17) is 9.47 Å². The van der Waals surface area contributed by atoms with Gasteiger partial charge >= 0.3 is 0 Å². The Bertz CT molecular complexity index is 496. The second-order valence-corrected chi connectivity index (χ2v) is 4.88. The molecule has 1 aliphatic carbocycles. The van der Waals surface area contributed by atoms with Crippen LogP contribution < -0.4 is 14.8 Å². The summed E-state index contributed by atoms with van der Waals surface area (Å²) < 4.78 is 10.5. The summed E-state index contributed by atoms with van der Waals surface area (Å²) in [6.07, 6.45) is 6.97. The highest BCUT2D eigenvalue weighted by Crippen LogP contribution is 2.24. The maximum Gasteiger partial charge on any atom is 0.223 e. The molecule has 0 spiro atoms. The van der Waals surface area contributed by atoms with Gasteiger partial charge in [-0.3, -0.25) is 4.79 Å². The minimum absolute atomic E-state index is 0.0941. The molecule has 108 valence electrons. The van der Waals surface area contributed by atoms with Crippen LogP contribution in [0, 0.1) is 5.92 Å². The molecule has 0 fully saturated rings. The molecule has 0 radical (unpaired) electrons. The number of methoxy groups -OCH3 is 2. The largest absolute Gasteiger partial charge is 0.497 e. The first-order chi connectivity index (χ1) is 9.74. The van der Waals surface area contributed by atoms with Gasteiger partial charge in [-0.15, -0.1) is 0 Å². The Hall–Kier alpha value is -1.97. The van der Waals surface area contributed by atoms with Crippen molar-refractivity contribution in [2.75, 3.05) is 14.2 Å². The summed E-state index contributed by atoms with van der Waals surface area (Å²) >= 11 is 0. The van der Waals surface area contributed by atoms with Gasteiger partial charge in [0.15, 0.2) is 0 Å². The van der Waals surface area contributed by atoms with Crippen LogP contribution in [0.15, 0.2) is 30.4 Å². The van der Waals surface area contributed by atoms with Crippen molar-refractivity contribution in [3.05, 3.63) is 35.9 Å². The summed E-state index contributed by atoms with van der Waals surface area (Å²) in [5.41, 5.74) is 0.923. The fourth-order valence-corrected chi connectivity index (χ4v) is 2.38. The average Bonchev–Trinajstić information content (AvgIpc) is 2.53. The highest BCUT2D eigenvalue weighted by atomic mass is 16.5. The zero-order valence-corrected chi connectivity index (χ0v) is 12.0. The Kier molecular flexibility index (Phi) is 5.04. The third-order valence-electron chi connectivity index (χ3n) is 3.58. The zero-order valence-electron chi connectivity index (χ0n) is 12.0. The summed E-state index contributed by atoms with van der Waals surface area (Å²) in [5, 5.41) is 2.99. The molecule has 0 bridgehead atoms. The maximum atomic E-state index is 12.1. The Balaban J connectivity index is 1.98. The van der Waals surface area contributed by atoms with E-state index in [-0.39, 0.29) is 11.8 Å². The monoisotopic (exact) mass is 275 g/mol. The minimum atomic E-state index is 0.0941. The van der Waals surface area contributed by atoms with Gasteiger partial charge in [0.1, 0.15) is 11.5 Å². The van der Waals surface area contributed by atoms with E-state index in [0.717, 1.165) is 36.3 Å². The fraction of sp³-hybridized carbons (Fsp3) is 0.438. The molecule has 1 unspecified atom stereocenters. The average molecular weight is 275 g/mol. The first kappa shape index (κ1) is 14.4. The number of hydrogen-bond acceptors (Lipinski definition) is 3. The second-order valence-electron chi connectivity index (χ2n) is 4.88. The van der Waals surface area contributed by atoms with Crippen LogP contribution in [0.5, 0.6) is 11.5 Å². The Morgan fingerprint density at radius 2 is 2.15 bits per heavy atom. The molecule has 0 aliphatic heterocycles. The van der Waals surface area contributed by atoms with Crippen molar-refractivity contribution in [3.8, 4) is 11.5 Å². The molecule has 20 heavy (non-hydrogen) atoms. The maximum absolute atomic E-state index is 12.1. The molecule has 1 aromatic carbocycles. The molecule has 0 saturated heterocycles. The number of rotatable bonds is 5. The summed E-state index contributed by atoms with van der Waals surface area (Å²) in [7, 11) is 3.25. The molecule has 2 rings (SSSR count). The van der Waals surface area contributed by atoms with Crippen LogP contribution in [0.2, 0.25) is 0 Å². The number of nitrogens with one attached hydrogen (secondary N) is 1. The number of carbonyl (C=O) groups excluding carboxylic acids is 1. The molecule has 0 aromatic heterocycles. The van der Waals surface area contributed by atoms with Gasteiger partial charge in [-0.05, 0) is 37.5 Å². The Labute approximate surface area is 119 Å². The smallest absolute Gasteiger partial charge is 0.223 e. The third kappa shape index (κ3) is 3.53. The molecule has 1 amide bonds. The van der Waals surface area contributed by atoms with Gasteiger partial charge in [-0.25, -0.2) is 0 Å².